The summed E-state index contributed by atoms with van der Waals surface area (Å²) in [6.45, 7) is 15.3. The number of hydrogen-bond donors (Lipinski definition) is 9. The predicted octanol–water partition coefficient (Wildman–Crippen LogP) is 10.0. The Balaban J connectivity index is 0.000000144. The third kappa shape index (κ3) is 19.7. The summed E-state index contributed by atoms with van der Waals surface area (Å²) >= 11 is 0. The first-order valence-corrected chi connectivity index (χ1v) is 35.4. The lowest BCUT2D eigenvalue weighted by atomic mass is 10.0. The number of nitro groups is 1. The Hall–Kier alpha value is -11.1. The van der Waals surface area contributed by atoms with Crippen molar-refractivity contribution >= 4 is 102 Å². The lowest BCUT2D eigenvalue weighted by Gasteiger charge is -2.36. The van der Waals surface area contributed by atoms with Gasteiger partial charge in [0.1, 0.15) is 17.3 Å². The van der Waals surface area contributed by atoms with Gasteiger partial charge in [0.05, 0.1) is 111 Å². The van der Waals surface area contributed by atoms with Crippen LogP contribution in [0.15, 0.2) is 128 Å². The van der Waals surface area contributed by atoms with E-state index in [0.29, 0.717) is 60.8 Å². The van der Waals surface area contributed by atoms with Gasteiger partial charge < -0.3 is 82.3 Å². The molecule has 0 spiro atoms. The van der Waals surface area contributed by atoms with Gasteiger partial charge in [0.15, 0.2) is 23.1 Å². The molecule has 6 saturated heterocycles. The molecule has 104 heavy (non-hydrogen) atoms. The monoisotopic (exact) mass is 1420 g/mol. The second-order valence-electron chi connectivity index (χ2n) is 25.9. The number of halogens is 1. The molecule has 6 aliphatic rings. The third-order valence-electron chi connectivity index (χ3n) is 19.0. The van der Waals surface area contributed by atoms with Crippen molar-refractivity contribution in [2.24, 2.45) is 0 Å². The summed E-state index contributed by atoms with van der Waals surface area (Å²) < 4.78 is 14.7. The van der Waals surface area contributed by atoms with E-state index in [1.807, 2.05) is 36.7 Å². The first-order chi connectivity index (χ1) is 49.9. The van der Waals surface area contributed by atoms with Crippen LogP contribution in [0.5, 0.6) is 0 Å². The second-order valence-corrected chi connectivity index (χ2v) is 25.9. The molecule has 0 bridgehead atoms. The zero-order chi connectivity index (χ0) is 70.6. The molecule has 0 aliphatic carbocycles. The van der Waals surface area contributed by atoms with E-state index in [2.05, 4.69) is 112 Å². The molecule has 2 aromatic carbocycles. The first-order valence-electron chi connectivity index (χ1n) is 35.4. The summed E-state index contributed by atoms with van der Waals surface area (Å²) in [4.78, 5) is 90.8. The minimum atomic E-state index is -0.560. The number of piperazine rings is 2. The van der Waals surface area contributed by atoms with Crippen molar-refractivity contribution < 1.29 is 14.1 Å². The summed E-state index contributed by atoms with van der Waals surface area (Å²) in [5.74, 6) is -0.735. The number of H-pyrrole nitrogens is 4. The van der Waals surface area contributed by atoms with Gasteiger partial charge in [-0.1, -0.05) is 45.5 Å². The van der Waals surface area contributed by atoms with Crippen molar-refractivity contribution in [3.8, 4) is 0 Å². The van der Waals surface area contributed by atoms with Gasteiger partial charge in [-0.05, 0) is 148 Å². The smallest absolute Gasteiger partial charge is 0.386 e. The van der Waals surface area contributed by atoms with Gasteiger partial charge in [0.25, 0.3) is 11.5 Å². The molecule has 6 aliphatic heterocycles. The number of nitrogens with zero attached hydrogens (tertiary/aromatic N) is 16. The van der Waals surface area contributed by atoms with Crippen LogP contribution in [0.2, 0.25) is 0 Å². The number of nitrogens with two attached hydrogens (primary N) is 3. The number of imidazole rings is 3. The molecule has 0 saturated carbocycles. The molecule has 6 fully saturated rings. The summed E-state index contributed by atoms with van der Waals surface area (Å²) in [7, 11) is 0. The van der Waals surface area contributed by atoms with Crippen molar-refractivity contribution in [3.63, 3.8) is 0 Å². The van der Waals surface area contributed by atoms with E-state index in [4.69, 9.17) is 17.2 Å². The zero-order valence-electron chi connectivity index (χ0n) is 57.5. The Kier molecular flexibility index (Phi) is 27.0. The van der Waals surface area contributed by atoms with Crippen LogP contribution in [0.25, 0.3) is 44.3 Å². The van der Waals surface area contributed by atoms with Crippen LogP contribution in [0.3, 0.4) is 0 Å². The molecular weight excluding hydrogens is 1320 g/mol. The third-order valence-corrected chi connectivity index (χ3v) is 19.0. The fourth-order valence-corrected chi connectivity index (χ4v) is 13.3. The van der Waals surface area contributed by atoms with E-state index < -0.39 is 10.7 Å². The second kappa shape index (κ2) is 37.2. The number of rotatable bonds is 9. The topological polar surface area (TPSA) is 378 Å². The van der Waals surface area contributed by atoms with Crippen LogP contribution in [0.1, 0.15) is 114 Å². The number of amides is 1. The number of aromatic amines is 4. The van der Waals surface area contributed by atoms with Gasteiger partial charge in [-0.15, -0.1) is 0 Å². The number of anilines is 8. The molecule has 550 valence electrons. The van der Waals surface area contributed by atoms with Gasteiger partial charge in [-0.25, -0.2) is 44.4 Å². The maximum absolute atomic E-state index is 14.7. The minimum absolute atomic E-state index is 0. The van der Waals surface area contributed by atoms with Crippen LogP contribution in [-0.2, 0) is 6.42 Å². The average Bonchev–Trinajstić information content (AvgIpc) is 1.08. The number of carbonyl (C=O) groups excluding carboxylic acids is 1. The standard InChI is InChI=1S/C26H22FN7O2.C11H14N4.C10H13N5.C10H14N4O2.C10H16N4.C5H11N.2CH4/c27-21-6-5-16(12-22-18-3-1-2-4-19(18)25(35)32-31-22)11-20(21)26(36)34-9-7-33(8-10-34)17-13-23-24(28-14-17)30-15-29-23;1-2-4-15(5-3-1)9-6-10-11(12-7-9)14-8-13-10;1-3-15(4-2-11-1)8-5-9-10(12-6-8)14-7-13-9;11-9-6-8(7-12-10(9)14(15)16)13-4-2-1-3-5-13;11-9-6-8(7-13-10(9)12)14-4-2-1-3-5-14;1-2-4-6-5-3-1;;/h1-6,11,13-15H,7-10,12H2,(H,32,35)(H,28,29,30);6-8H,1-5H2,(H,12,13,14);5-7,11H,1-4H2,(H,12,13,14);6-7H,1-5,11H2;6-7H,1-5,11H2,(H2,12,13);6H,1-5H2;2*1H4. The maximum atomic E-state index is 14.7. The number of carbonyl (C=O) groups is 1. The van der Waals surface area contributed by atoms with E-state index in [-0.39, 0.29) is 43.4 Å². The van der Waals surface area contributed by atoms with Gasteiger partial charge in [-0.2, -0.15) is 5.10 Å². The van der Waals surface area contributed by atoms with E-state index in [1.165, 1.54) is 101 Å². The highest BCUT2D eigenvalue weighted by molar-refractivity contribution is 5.95. The molecule has 12 N–H and O–H groups in total. The number of pyridine rings is 5. The number of benzene rings is 2. The maximum Gasteiger partial charge on any atom is 0.386 e. The van der Waals surface area contributed by atoms with Crippen LogP contribution in [0.4, 0.5) is 55.8 Å². The van der Waals surface area contributed by atoms with E-state index in [0.717, 1.165) is 134 Å². The Bertz CT molecular complexity index is 4500. The predicted molar refractivity (Wildman–Crippen MR) is 413 cm³/mol. The Morgan fingerprint density at radius 2 is 0.913 bits per heavy atom. The SMILES string of the molecule is C.C.C1CCNCC1.Nc1cc(N2CCCCC2)cnc1N.Nc1cc(N2CCCCC2)cnc1[N+](=O)[O-].O=C(c1cc(Cc2n[nH]c(=O)c3ccccc23)ccc1F)N1CCN(c2cnc3nc[nH]c3c2)CC1.c1nc2ncc(N3CCCCC3)cc2[nH]1.c1nc2ncc(N3CCNCC3)cc2[nH]1. The summed E-state index contributed by atoms with van der Waals surface area (Å²) in [6, 6.07) is 21.5. The van der Waals surface area contributed by atoms with Crippen LogP contribution in [0, 0.1) is 15.9 Å². The number of piperidine rings is 4. The lowest BCUT2D eigenvalue weighted by molar-refractivity contribution is -0.388. The van der Waals surface area contributed by atoms with Gasteiger partial charge in [-0.3, -0.25) is 9.59 Å². The van der Waals surface area contributed by atoms with Gasteiger partial charge in [0.2, 0.25) is 0 Å². The Labute approximate surface area is 604 Å². The lowest BCUT2D eigenvalue weighted by Crippen LogP contribution is -2.49. The summed E-state index contributed by atoms with van der Waals surface area (Å²) in [5, 5.41) is 25.2. The molecule has 1 amide bonds. The van der Waals surface area contributed by atoms with Crippen molar-refractivity contribution in [1.29, 1.82) is 0 Å². The highest BCUT2D eigenvalue weighted by atomic mass is 19.1. The molecular formula is C74H98FN25O4. The minimum Gasteiger partial charge on any atom is -0.396 e. The largest absolute Gasteiger partial charge is 0.396 e. The zero-order valence-corrected chi connectivity index (χ0v) is 57.5. The molecule has 0 atom stereocenters. The molecule has 0 unspecified atom stereocenters. The van der Waals surface area contributed by atoms with Crippen LogP contribution in [-0.4, -0.2) is 185 Å². The first kappa shape index (κ1) is 75.5. The molecule has 30 heteroatoms. The molecule has 17 rings (SSSR count). The summed E-state index contributed by atoms with van der Waals surface area (Å²) in [5.41, 5.74) is 29.2. The number of nitrogens with one attached hydrogen (secondary N) is 6. The number of hydrogen-bond acceptors (Lipinski definition) is 23. The molecule has 0 radical (unpaired) electrons. The number of fused-ring (bicyclic) bond motifs is 4. The molecule has 29 nitrogen and oxygen atoms in total. The average molecular weight is 1420 g/mol. The molecule has 15 heterocycles. The van der Waals surface area contributed by atoms with E-state index >= 15 is 0 Å². The summed E-state index contributed by atoms with van der Waals surface area (Å²) in [6.07, 6.45) is 29.8. The molecule has 11 aromatic rings. The van der Waals surface area contributed by atoms with Crippen LogP contribution >= 0.6 is 0 Å². The Morgan fingerprint density at radius 1 is 0.481 bits per heavy atom. The quantitative estimate of drug-likeness (QED) is 0.0479. The van der Waals surface area contributed by atoms with Crippen LogP contribution < -0.4 is 57.9 Å². The normalized spacial score (nSPS) is 16.0. The highest BCUT2D eigenvalue weighted by Crippen LogP contribution is 2.29. The van der Waals surface area contributed by atoms with Crippen molar-refractivity contribution in [2.45, 2.75) is 98.3 Å². The Morgan fingerprint density at radius 3 is 1.38 bits per heavy atom. The van der Waals surface area contributed by atoms with Gasteiger partial charge in [0, 0.05) is 103 Å². The van der Waals surface area contributed by atoms with Crippen molar-refractivity contribution in [1.82, 2.24) is 80.6 Å². The number of aromatic nitrogens is 13. The highest BCUT2D eigenvalue weighted by Gasteiger charge is 2.26. The van der Waals surface area contributed by atoms with Gasteiger partial charge >= 0.3 is 5.82 Å². The van der Waals surface area contributed by atoms with E-state index in [9.17, 15) is 24.1 Å². The molecule has 9 aromatic heterocycles. The van der Waals surface area contributed by atoms with E-state index in [1.54, 1.807) is 66.6 Å². The van der Waals surface area contributed by atoms with Crippen molar-refractivity contribution in [2.75, 3.05) is 146 Å². The fraction of sp³-hybridized carbons (Fsp3) is 0.419. The van der Waals surface area contributed by atoms with Crippen molar-refractivity contribution in [3.05, 3.63) is 166 Å². The number of nitrogen functional groups attached to an aromatic ring is 3. The fourth-order valence-electron chi connectivity index (χ4n) is 13.3.